The normalized spacial score (nSPS) is 10.9. The summed E-state index contributed by atoms with van der Waals surface area (Å²) in [7, 11) is 0. The molecule has 1 N–H and O–H groups in total. The zero-order valence-electron chi connectivity index (χ0n) is 12.9. The first-order valence-electron chi connectivity index (χ1n) is 7.35. The average molecular weight is 327 g/mol. The van der Waals surface area contributed by atoms with E-state index >= 15 is 0 Å². The molecule has 6 nitrogen and oxygen atoms in total. The number of anilines is 1. The van der Waals surface area contributed by atoms with Crippen LogP contribution in [0.25, 0.3) is 5.69 Å². The Kier molecular flexibility index (Phi) is 4.47. The van der Waals surface area contributed by atoms with Gasteiger partial charge in [-0.3, -0.25) is 14.7 Å². The first kappa shape index (κ1) is 15.4. The van der Waals surface area contributed by atoms with E-state index in [1.165, 1.54) is 11.3 Å². The molecule has 0 saturated heterocycles. The van der Waals surface area contributed by atoms with Crippen LogP contribution in [0.2, 0.25) is 0 Å². The summed E-state index contributed by atoms with van der Waals surface area (Å²) in [5.74, 6) is 0.254. The third-order valence-corrected chi connectivity index (χ3v) is 4.04. The van der Waals surface area contributed by atoms with E-state index in [-0.39, 0.29) is 5.91 Å². The maximum Gasteiger partial charge on any atom is 0.276 e. The summed E-state index contributed by atoms with van der Waals surface area (Å²) >= 11 is 1.40. The van der Waals surface area contributed by atoms with E-state index in [4.69, 9.17) is 0 Å². The van der Waals surface area contributed by atoms with Crippen molar-refractivity contribution in [2.75, 3.05) is 5.32 Å². The van der Waals surface area contributed by atoms with E-state index in [0.29, 0.717) is 16.7 Å². The van der Waals surface area contributed by atoms with Crippen LogP contribution in [0.3, 0.4) is 0 Å². The topological polar surface area (TPSA) is 72.7 Å². The molecule has 0 aliphatic heterocycles. The molecule has 2 aromatic heterocycles. The predicted octanol–water partition coefficient (Wildman–Crippen LogP) is 3.17. The molecule has 0 saturated carbocycles. The molecule has 2 heterocycles. The number of imidazole rings is 1. The Balaban J connectivity index is 1.77. The SMILES string of the molecule is CC(C)Cc1nnc(NC(=O)c2cncn2-c2ccccc2)s1. The second-order valence-electron chi connectivity index (χ2n) is 5.54. The van der Waals surface area contributed by atoms with Crippen molar-refractivity contribution in [1.29, 1.82) is 0 Å². The Morgan fingerprint density at radius 3 is 2.78 bits per heavy atom. The Bertz CT molecular complexity index is 794. The van der Waals surface area contributed by atoms with Crippen molar-refractivity contribution >= 4 is 22.4 Å². The Morgan fingerprint density at radius 2 is 2.04 bits per heavy atom. The van der Waals surface area contributed by atoms with Crippen molar-refractivity contribution < 1.29 is 4.79 Å². The fourth-order valence-electron chi connectivity index (χ4n) is 2.15. The van der Waals surface area contributed by atoms with Gasteiger partial charge in [-0.05, 0) is 18.1 Å². The van der Waals surface area contributed by atoms with Gasteiger partial charge in [0, 0.05) is 12.1 Å². The molecule has 3 rings (SSSR count). The Morgan fingerprint density at radius 1 is 1.26 bits per heavy atom. The van der Waals surface area contributed by atoms with Gasteiger partial charge in [-0.1, -0.05) is 43.4 Å². The number of rotatable bonds is 5. The highest BCUT2D eigenvalue weighted by Gasteiger charge is 2.15. The van der Waals surface area contributed by atoms with Gasteiger partial charge in [0.15, 0.2) is 0 Å². The van der Waals surface area contributed by atoms with E-state index in [2.05, 4.69) is 34.3 Å². The highest BCUT2D eigenvalue weighted by atomic mass is 32.1. The van der Waals surface area contributed by atoms with Crippen LogP contribution in [0.5, 0.6) is 0 Å². The van der Waals surface area contributed by atoms with Gasteiger partial charge in [-0.25, -0.2) is 4.98 Å². The molecule has 0 aliphatic carbocycles. The number of carbonyl (C=O) groups excluding carboxylic acids is 1. The predicted molar refractivity (Wildman–Crippen MR) is 90.0 cm³/mol. The largest absolute Gasteiger partial charge is 0.295 e. The lowest BCUT2D eigenvalue weighted by Gasteiger charge is -2.07. The molecule has 118 valence electrons. The van der Waals surface area contributed by atoms with Crippen molar-refractivity contribution in [3.63, 3.8) is 0 Å². The molecule has 7 heteroatoms. The number of nitrogens with one attached hydrogen (secondary N) is 1. The third kappa shape index (κ3) is 3.62. The summed E-state index contributed by atoms with van der Waals surface area (Å²) < 4.78 is 1.74. The first-order chi connectivity index (χ1) is 11.1. The summed E-state index contributed by atoms with van der Waals surface area (Å²) in [6.07, 6.45) is 4.02. The van der Waals surface area contributed by atoms with E-state index in [0.717, 1.165) is 17.1 Å². The fraction of sp³-hybridized carbons (Fsp3) is 0.250. The van der Waals surface area contributed by atoms with Crippen LogP contribution in [0, 0.1) is 5.92 Å². The Labute approximate surface area is 138 Å². The van der Waals surface area contributed by atoms with Gasteiger partial charge in [-0.2, -0.15) is 0 Å². The molecule has 0 fully saturated rings. The first-order valence-corrected chi connectivity index (χ1v) is 8.16. The zero-order valence-corrected chi connectivity index (χ0v) is 13.7. The molecule has 3 aromatic rings. The molecule has 1 amide bonds. The van der Waals surface area contributed by atoms with Crippen molar-refractivity contribution in [3.8, 4) is 5.69 Å². The molecule has 23 heavy (non-hydrogen) atoms. The Hall–Kier alpha value is -2.54. The quantitative estimate of drug-likeness (QED) is 0.781. The van der Waals surface area contributed by atoms with Crippen LogP contribution in [0.15, 0.2) is 42.9 Å². The molecule has 0 unspecified atom stereocenters. The number of aromatic nitrogens is 4. The van der Waals surface area contributed by atoms with Crippen LogP contribution < -0.4 is 5.32 Å². The minimum absolute atomic E-state index is 0.251. The van der Waals surface area contributed by atoms with Crippen LogP contribution >= 0.6 is 11.3 Å². The van der Waals surface area contributed by atoms with Gasteiger partial charge >= 0.3 is 0 Å². The number of para-hydroxylation sites is 1. The highest BCUT2D eigenvalue weighted by Crippen LogP contribution is 2.19. The summed E-state index contributed by atoms with van der Waals surface area (Å²) in [6.45, 7) is 4.25. The summed E-state index contributed by atoms with van der Waals surface area (Å²) in [5.41, 5.74) is 1.34. The molecular weight excluding hydrogens is 310 g/mol. The minimum atomic E-state index is -0.251. The molecule has 0 aliphatic rings. The molecule has 0 spiro atoms. The van der Waals surface area contributed by atoms with Crippen LogP contribution in [-0.2, 0) is 6.42 Å². The summed E-state index contributed by atoms with van der Waals surface area (Å²) in [5, 5.41) is 12.4. The van der Waals surface area contributed by atoms with Crippen molar-refractivity contribution in [2.45, 2.75) is 20.3 Å². The molecule has 0 atom stereocenters. The van der Waals surface area contributed by atoms with Gasteiger partial charge in [0.2, 0.25) is 5.13 Å². The smallest absolute Gasteiger partial charge is 0.276 e. The fourth-order valence-corrected chi connectivity index (χ4v) is 3.10. The number of amides is 1. The van der Waals surface area contributed by atoms with E-state index in [1.807, 2.05) is 30.3 Å². The number of benzene rings is 1. The zero-order chi connectivity index (χ0) is 16.2. The lowest BCUT2D eigenvalue weighted by atomic mass is 10.1. The van der Waals surface area contributed by atoms with Crippen LogP contribution in [0.1, 0.15) is 29.3 Å². The molecule has 0 radical (unpaired) electrons. The molecular formula is C16H17N5OS. The maximum atomic E-state index is 12.5. The third-order valence-electron chi connectivity index (χ3n) is 3.18. The lowest BCUT2D eigenvalue weighted by Crippen LogP contribution is -2.15. The molecule has 0 bridgehead atoms. The van der Waals surface area contributed by atoms with Gasteiger partial charge in [0.25, 0.3) is 5.91 Å². The van der Waals surface area contributed by atoms with Crippen LogP contribution in [0.4, 0.5) is 5.13 Å². The van der Waals surface area contributed by atoms with Gasteiger partial charge in [-0.15, -0.1) is 10.2 Å². The number of hydrogen-bond acceptors (Lipinski definition) is 5. The number of carbonyl (C=O) groups is 1. The van der Waals surface area contributed by atoms with Crippen molar-refractivity contribution in [1.82, 2.24) is 19.7 Å². The second-order valence-corrected chi connectivity index (χ2v) is 6.60. The van der Waals surface area contributed by atoms with Gasteiger partial charge in [0.05, 0.1) is 12.5 Å². The number of hydrogen-bond donors (Lipinski definition) is 1. The van der Waals surface area contributed by atoms with Crippen LogP contribution in [-0.4, -0.2) is 25.7 Å². The second kappa shape index (κ2) is 6.70. The number of nitrogens with zero attached hydrogens (tertiary/aromatic N) is 4. The minimum Gasteiger partial charge on any atom is -0.295 e. The lowest BCUT2D eigenvalue weighted by molar-refractivity contribution is 0.102. The van der Waals surface area contributed by atoms with E-state index in [9.17, 15) is 4.79 Å². The average Bonchev–Trinajstić information content (AvgIpc) is 3.17. The van der Waals surface area contributed by atoms with Gasteiger partial charge in [0.1, 0.15) is 10.7 Å². The maximum absolute atomic E-state index is 12.5. The van der Waals surface area contributed by atoms with Gasteiger partial charge < -0.3 is 0 Å². The van der Waals surface area contributed by atoms with E-state index in [1.54, 1.807) is 17.1 Å². The standard InChI is InChI=1S/C16H17N5OS/c1-11(2)8-14-19-20-16(23-14)18-15(22)13-9-17-10-21(13)12-6-4-3-5-7-12/h3-7,9-11H,8H2,1-2H3,(H,18,20,22). The summed E-state index contributed by atoms with van der Waals surface area (Å²) in [4.78, 5) is 16.5. The summed E-state index contributed by atoms with van der Waals surface area (Å²) in [6, 6.07) is 9.60. The highest BCUT2D eigenvalue weighted by molar-refractivity contribution is 7.15. The van der Waals surface area contributed by atoms with Crippen molar-refractivity contribution in [2.24, 2.45) is 5.92 Å². The monoisotopic (exact) mass is 327 g/mol. The van der Waals surface area contributed by atoms with Crippen molar-refractivity contribution in [3.05, 3.63) is 53.6 Å². The van der Waals surface area contributed by atoms with E-state index < -0.39 is 0 Å². The molecule has 1 aromatic carbocycles.